The first-order valence-electron chi connectivity index (χ1n) is 5.00. The van der Waals surface area contributed by atoms with Gasteiger partial charge in [-0.1, -0.05) is 11.6 Å². The van der Waals surface area contributed by atoms with Crippen molar-refractivity contribution >= 4 is 51.6 Å². The summed E-state index contributed by atoms with van der Waals surface area (Å²) in [5, 5.41) is -0.898. The molecule has 1 saturated carbocycles. The molecule has 1 fully saturated rings. The van der Waals surface area contributed by atoms with Gasteiger partial charge in [0.25, 0.3) is 0 Å². The molecular weight excluding hydrogens is 347 g/mol. The van der Waals surface area contributed by atoms with Gasteiger partial charge in [0.2, 0.25) is 5.24 Å². The highest BCUT2D eigenvalue weighted by molar-refractivity contribution is 6.68. The minimum atomic E-state index is -4.55. The Morgan fingerprint density at radius 2 is 1.79 bits per heavy atom. The van der Waals surface area contributed by atoms with E-state index < -0.39 is 33.2 Å². The van der Waals surface area contributed by atoms with E-state index in [1.165, 1.54) is 6.07 Å². The highest BCUT2D eigenvalue weighted by Crippen LogP contribution is 2.66. The van der Waals surface area contributed by atoms with Crippen LogP contribution in [0.4, 0.5) is 13.2 Å². The summed E-state index contributed by atoms with van der Waals surface area (Å²) in [4.78, 5) is 11.1. The lowest BCUT2D eigenvalue weighted by Crippen LogP contribution is -2.06. The maximum absolute atomic E-state index is 12.7. The Bertz CT molecular complexity index is 541. The Hall–Kier alpha value is -0.160. The van der Waals surface area contributed by atoms with Gasteiger partial charge >= 0.3 is 6.18 Å². The van der Waals surface area contributed by atoms with Gasteiger partial charge in [0.1, 0.15) is 4.33 Å². The SMILES string of the molecule is O=C(Cl)C1C(c2cc(Cl)cc(C(F)(F)F)c2)C1(Cl)Cl. The summed E-state index contributed by atoms with van der Waals surface area (Å²) in [6, 6.07) is 2.95. The van der Waals surface area contributed by atoms with Crippen LogP contribution in [0.3, 0.4) is 0 Å². The molecule has 0 N–H and O–H groups in total. The van der Waals surface area contributed by atoms with Gasteiger partial charge in [0, 0.05) is 10.9 Å². The molecule has 2 rings (SSSR count). The Balaban J connectivity index is 2.43. The van der Waals surface area contributed by atoms with E-state index in [0.717, 1.165) is 12.1 Å². The summed E-state index contributed by atoms with van der Waals surface area (Å²) in [6.07, 6.45) is -4.55. The van der Waals surface area contributed by atoms with Crippen LogP contribution in [0, 0.1) is 5.92 Å². The molecular formula is C11H5Cl4F3O. The van der Waals surface area contributed by atoms with Crippen LogP contribution in [0.2, 0.25) is 5.02 Å². The Labute approximate surface area is 126 Å². The molecule has 0 saturated heterocycles. The number of alkyl halides is 5. The highest BCUT2D eigenvalue weighted by Gasteiger charge is 2.67. The van der Waals surface area contributed by atoms with Crippen LogP contribution in [0.5, 0.6) is 0 Å². The van der Waals surface area contributed by atoms with Gasteiger partial charge in [0.05, 0.1) is 11.5 Å². The number of halogens is 7. The lowest BCUT2D eigenvalue weighted by atomic mass is 10.1. The molecule has 0 amide bonds. The first-order valence-corrected chi connectivity index (χ1v) is 6.51. The highest BCUT2D eigenvalue weighted by atomic mass is 35.5. The first kappa shape index (κ1) is 15.2. The van der Waals surface area contributed by atoms with Gasteiger partial charge in [-0.25, -0.2) is 0 Å². The first-order chi connectivity index (χ1) is 8.55. The van der Waals surface area contributed by atoms with Crippen molar-refractivity contribution in [2.45, 2.75) is 16.4 Å². The van der Waals surface area contributed by atoms with E-state index in [1.54, 1.807) is 0 Å². The normalized spacial score (nSPS) is 25.2. The van der Waals surface area contributed by atoms with Gasteiger partial charge in [-0.2, -0.15) is 13.2 Å². The summed E-state index contributed by atoms with van der Waals surface area (Å²) in [7, 11) is 0. The second kappa shape index (κ2) is 4.69. The van der Waals surface area contributed by atoms with Crippen LogP contribution in [-0.4, -0.2) is 9.58 Å². The van der Waals surface area contributed by atoms with Crippen molar-refractivity contribution in [2.75, 3.05) is 0 Å². The van der Waals surface area contributed by atoms with Crippen LogP contribution in [-0.2, 0) is 11.0 Å². The Morgan fingerprint density at radius 1 is 1.21 bits per heavy atom. The lowest BCUT2D eigenvalue weighted by molar-refractivity contribution is -0.137. The summed E-state index contributed by atoms with van der Waals surface area (Å²) in [6.45, 7) is 0. The monoisotopic (exact) mass is 350 g/mol. The fourth-order valence-electron chi connectivity index (χ4n) is 1.98. The summed E-state index contributed by atoms with van der Waals surface area (Å²) >= 11 is 22.7. The molecule has 2 atom stereocenters. The van der Waals surface area contributed by atoms with Gasteiger partial charge in [0.15, 0.2) is 0 Å². The predicted molar refractivity (Wildman–Crippen MR) is 68.0 cm³/mol. The van der Waals surface area contributed by atoms with Gasteiger partial charge in [-0.3, -0.25) is 4.79 Å². The molecule has 1 aliphatic carbocycles. The quantitative estimate of drug-likeness (QED) is 0.540. The fourth-order valence-corrected chi connectivity index (χ4v) is 3.46. The molecule has 1 aromatic rings. The van der Waals surface area contributed by atoms with Crippen molar-refractivity contribution in [2.24, 2.45) is 5.92 Å². The topological polar surface area (TPSA) is 17.1 Å². The van der Waals surface area contributed by atoms with E-state index in [-0.39, 0.29) is 10.6 Å². The molecule has 104 valence electrons. The number of hydrogen-bond acceptors (Lipinski definition) is 1. The molecule has 1 aromatic carbocycles. The fraction of sp³-hybridized carbons (Fsp3) is 0.364. The zero-order valence-corrected chi connectivity index (χ0v) is 12.0. The Kier molecular flexibility index (Phi) is 3.76. The van der Waals surface area contributed by atoms with E-state index in [1.807, 2.05) is 0 Å². The van der Waals surface area contributed by atoms with Crippen LogP contribution >= 0.6 is 46.4 Å². The number of rotatable bonds is 2. The molecule has 8 heteroatoms. The van der Waals surface area contributed by atoms with Crippen molar-refractivity contribution in [1.82, 2.24) is 0 Å². The number of carbonyl (C=O) groups is 1. The summed E-state index contributed by atoms with van der Waals surface area (Å²) in [5.74, 6) is -1.72. The molecule has 0 bridgehead atoms. The maximum atomic E-state index is 12.7. The molecule has 0 aromatic heterocycles. The van der Waals surface area contributed by atoms with Crippen LogP contribution in [0.1, 0.15) is 17.0 Å². The third-order valence-corrected chi connectivity index (χ3v) is 4.30. The number of benzene rings is 1. The zero-order valence-electron chi connectivity index (χ0n) is 8.94. The van der Waals surface area contributed by atoms with E-state index in [4.69, 9.17) is 46.4 Å². The van der Waals surface area contributed by atoms with E-state index >= 15 is 0 Å². The standard InChI is InChI=1S/C11H5Cl4F3O/c12-6-2-4(1-5(3-6)11(16,17)18)7-8(9(13)19)10(7,14)15/h1-3,7-8H. The lowest BCUT2D eigenvalue weighted by Gasteiger charge is -2.10. The van der Waals surface area contributed by atoms with Crippen LogP contribution in [0.15, 0.2) is 18.2 Å². The average Bonchev–Trinajstić information content (AvgIpc) is 2.79. The van der Waals surface area contributed by atoms with Crippen LogP contribution in [0.25, 0.3) is 0 Å². The predicted octanol–water partition coefficient (Wildman–Crippen LogP) is 5.01. The van der Waals surface area contributed by atoms with Crippen LogP contribution < -0.4 is 0 Å². The summed E-state index contributed by atoms with van der Waals surface area (Å²) in [5.41, 5.74) is -0.782. The third-order valence-electron chi connectivity index (χ3n) is 2.90. The van der Waals surface area contributed by atoms with E-state index in [9.17, 15) is 18.0 Å². The molecule has 0 aliphatic heterocycles. The molecule has 19 heavy (non-hydrogen) atoms. The van der Waals surface area contributed by atoms with Crippen molar-refractivity contribution < 1.29 is 18.0 Å². The maximum Gasteiger partial charge on any atom is 0.416 e. The summed E-state index contributed by atoms with van der Waals surface area (Å²) < 4.78 is 36.5. The zero-order chi connectivity index (χ0) is 14.6. The second-order valence-corrected chi connectivity index (χ2v) is 6.46. The molecule has 0 spiro atoms. The molecule has 0 heterocycles. The third kappa shape index (κ3) is 2.82. The van der Waals surface area contributed by atoms with E-state index in [2.05, 4.69) is 0 Å². The van der Waals surface area contributed by atoms with Crippen molar-refractivity contribution in [1.29, 1.82) is 0 Å². The molecule has 2 unspecified atom stereocenters. The molecule has 1 nitrogen and oxygen atoms in total. The number of hydrogen-bond donors (Lipinski definition) is 0. The number of carbonyl (C=O) groups excluding carboxylic acids is 1. The smallest absolute Gasteiger partial charge is 0.281 e. The van der Waals surface area contributed by atoms with Gasteiger partial charge in [-0.15, -0.1) is 23.2 Å². The van der Waals surface area contributed by atoms with Crippen molar-refractivity contribution in [3.63, 3.8) is 0 Å². The Morgan fingerprint density at radius 3 is 2.21 bits per heavy atom. The molecule has 1 aliphatic rings. The minimum Gasteiger partial charge on any atom is -0.281 e. The largest absolute Gasteiger partial charge is 0.416 e. The van der Waals surface area contributed by atoms with E-state index in [0.29, 0.717) is 0 Å². The van der Waals surface area contributed by atoms with Gasteiger partial charge in [-0.05, 0) is 35.4 Å². The van der Waals surface area contributed by atoms with Crippen molar-refractivity contribution in [3.05, 3.63) is 34.3 Å². The minimum absolute atomic E-state index is 0.110. The average molecular weight is 352 g/mol. The van der Waals surface area contributed by atoms with Gasteiger partial charge < -0.3 is 0 Å². The second-order valence-electron chi connectivity index (χ2n) is 4.20. The molecule has 0 radical (unpaired) electrons. The van der Waals surface area contributed by atoms with Crippen molar-refractivity contribution in [3.8, 4) is 0 Å².